The van der Waals surface area contributed by atoms with Crippen LogP contribution in [0, 0.1) is 0 Å². The molecular formula is C22H29ClO2S. The van der Waals surface area contributed by atoms with Gasteiger partial charge in [-0.2, -0.15) is 0 Å². The van der Waals surface area contributed by atoms with Gasteiger partial charge in [0.05, 0.1) is 5.56 Å². The van der Waals surface area contributed by atoms with Crippen LogP contribution in [0.3, 0.4) is 0 Å². The molecule has 0 unspecified atom stereocenters. The molecule has 142 valence electrons. The van der Waals surface area contributed by atoms with Crippen LogP contribution >= 0.6 is 23.4 Å². The standard InChI is InChI=1S/C22H29ClO2S/c1-16(2)7-5-8-17(3)9-6-10-18(4)13-14-26-21-12-11-19(23)15-20(21)22(24)25/h7,9,11-13,15H,5-6,8,10,14H2,1-4H3,(H,24,25)/b17-9+,18-13+. The minimum Gasteiger partial charge on any atom is -0.478 e. The zero-order valence-electron chi connectivity index (χ0n) is 16.1. The van der Waals surface area contributed by atoms with Gasteiger partial charge in [0, 0.05) is 15.7 Å². The second-order valence-corrected chi connectivity index (χ2v) is 8.21. The van der Waals surface area contributed by atoms with Crippen LogP contribution in [0.25, 0.3) is 0 Å². The first-order chi connectivity index (χ1) is 12.3. The van der Waals surface area contributed by atoms with Crippen LogP contribution in [0.2, 0.25) is 5.02 Å². The van der Waals surface area contributed by atoms with Crippen LogP contribution in [0.15, 0.2) is 58.0 Å². The second kappa shape index (κ2) is 12.0. The van der Waals surface area contributed by atoms with Crippen molar-refractivity contribution in [3.05, 3.63) is 63.7 Å². The quantitative estimate of drug-likeness (QED) is 0.330. The zero-order chi connectivity index (χ0) is 19.5. The predicted molar refractivity (Wildman–Crippen MR) is 115 cm³/mol. The lowest BCUT2D eigenvalue weighted by atomic mass is 10.1. The Bertz CT molecular complexity index is 698. The van der Waals surface area contributed by atoms with Gasteiger partial charge in [-0.05, 0) is 71.6 Å². The number of halogens is 1. The van der Waals surface area contributed by atoms with Crippen molar-refractivity contribution in [2.45, 2.75) is 58.3 Å². The molecule has 4 heteroatoms. The van der Waals surface area contributed by atoms with Crippen molar-refractivity contribution >= 4 is 29.3 Å². The average Bonchev–Trinajstić information content (AvgIpc) is 2.55. The number of carboxylic acids is 1. The van der Waals surface area contributed by atoms with Crippen molar-refractivity contribution < 1.29 is 9.90 Å². The molecule has 0 heterocycles. The van der Waals surface area contributed by atoms with Crippen molar-refractivity contribution in [2.24, 2.45) is 0 Å². The molecule has 0 saturated carbocycles. The van der Waals surface area contributed by atoms with Crippen LogP contribution in [0.5, 0.6) is 0 Å². The van der Waals surface area contributed by atoms with Gasteiger partial charge in [0.15, 0.2) is 0 Å². The van der Waals surface area contributed by atoms with Gasteiger partial charge < -0.3 is 5.11 Å². The summed E-state index contributed by atoms with van der Waals surface area (Å²) in [5.41, 5.74) is 4.41. The molecular weight excluding hydrogens is 364 g/mol. The molecule has 0 aromatic heterocycles. The average molecular weight is 393 g/mol. The molecule has 0 atom stereocenters. The predicted octanol–water partition coefficient (Wildman–Crippen LogP) is 7.55. The van der Waals surface area contributed by atoms with Gasteiger partial charge in [-0.1, -0.05) is 46.5 Å². The van der Waals surface area contributed by atoms with E-state index in [1.807, 2.05) is 0 Å². The Kier molecular flexibility index (Phi) is 10.5. The lowest BCUT2D eigenvalue weighted by molar-refractivity contribution is 0.0693. The third-order valence-electron chi connectivity index (χ3n) is 3.97. The molecule has 1 aromatic carbocycles. The Morgan fingerprint density at radius 3 is 2.27 bits per heavy atom. The fourth-order valence-corrected chi connectivity index (χ4v) is 3.59. The van der Waals surface area contributed by atoms with E-state index in [0.29, 0.717) is 5.02 Å². The SMILES string of the molecule is CC(C)=CCC/C(C)=C/CC/C(C)=C/CSc1ccc(Cl)cc1C(=O)O. The molecule has 0 bridgehead atoms. The summed E-state index contributed by atoms with van der Waals surface area (Å²) in [6.07, 6.45) is 11.1. The summed E-state index contributed by atoms with van der Waals surface area (Å²) < 4.78 is 0. The van der Waals surface area contributed by atoms with Crippen LogP contribution < -0.4 is 0 Å². The van der Waals surface area contributed by atoms with E-state index in [-0.39, 0.29) is 5.56 Å². The number of allylic oxidation sites excluding steroid dienone is 5. The number of hydrogen-bond donors (Lipinski definition) is 1. The highest BCUT2D eigenvalue weighted by Gasteiger charge is 2.10. The van der Waals surface area contributed by atoms with Crippen LogP contribution in [0.4, 0.5) is 0 Å². The van der Waals surface area contributed by atoms with E-state index < -0.39 is 5.97 Å². The number of carboxylic acid groups (broad SMARTS) is 1. The smallest absolute Gasteiger partial charge is 0.336 e. The molecule has 2 nitrogen and oxygen atoms in total. The first kappa shape index (κ1) is 22.6. The van der Waals surface area contributed by atoms with E-state index in [1.165, 1.54) is 34.5 Å². The summed E-state index contributed by atoms with van der Waals surface area (Å²) in [7, 11) is 0. The summed E-state index contributed by atoms with van der Waals surface area (Å²) >= 11 is 7.41. The van der Waals surface area contributed by atoms with Crippen molar-refractivity contribution in [3.8, 4) is 0 Å². The number of carbonyl (C=O) groups is 1. The number of thioether (sulfide) groups is 1. The molecule has 0 aliphatic carbocycles. The van der Waals surface area contributed by atoms with E-state index in [4.69, 9.17) is 11.6 Å². The first-order valence-corrected chi connectivity index (χ1v) is 10.3. The Labute approximate surface area is 167 Å². The minimum atomic E-state index is -0.940. The van der Waals surface area contributed by atoms with Gasteiger partial charge >= 0.3 is 5.97 Å². The molecule has 1 rings (SSSR count). The fraction of sp³-hybridized carbons (Fsp3) is 0.409. The van der Waals surface area contributed by atoms with Gasteiger partial charge in [0.25, 0.3) is 0 Å². The number of rotatable bonds is 10. The molecule has 0 radical (unpaired) electrons. The Morgan fingerprint density at radius 1 is 1.04 bits per heavy atom. The maximum absolute atomic E-state index is 11.3. The fourth-order valence-electron chi connectivity index (χ4n) is 2.41. The third kappa shape index (κ3) is 9.30. The third-order valence-corrected chi connectivity index (χ3v) is 5.20. The maximum atomic E-state index is 11.3. The lowest BCUT2D eigenvalue weighted by Gasteiger charge is -2.05. The largest absolute Gasteiger partial charge is 0.478 e. The summed E-state index contributed by atoms with van der Waals surface area (Å²) in [5.74, 6) is -0.179. The molecule has 0 saturated heterocycles. The van der Waals surface area contributed by atoms with Crippen LogP contribution in [-0.4, -0.2) is 16.8 Å². The highest BCUT2D eigenvalue weighted by Crippen LogP contribution is 2.26. The van der Waals surface area contributed by atoms with Crippen molar-refractivity contribution in [3.63, 3.8) is 0 Å². The molecule has 0 fully saturated rings. The summed E-state index contributed by atoms with van der Waals surface area (Å²) in [6.45, 7) is 8.60. The number of hydrogen-bond acceptors (Lipinski definition) is 2. The Morgan fingerprint density at radius 2 is 1.65 bits per heavy atom. The molecule has 1 aromatic rings. The lowest BCUT2D eigenvalue weighted by Crippen LogP contribution is -1.98. The second-order valence-electron chi connectivity index (χ2n) is 6.72. The summed E-state index contributed by atoms with van der Waals surface area (Å²) in [6, 6.07) is 5.01. The maximum Gasteiger partial charge on any atom is 0.336 e. The number of benzene rings is 1. The molecule has 0 aliphatic heterocycles. The van der Waals surface area contributed by atoms with Crippen molar-refractivity contribution in [2.75, 3.05) is 5.75 Å². The van der Waals surface area contributed by atoms with E-state index in [2.05, 4.69) is 45.9 Å². The van der Waals surface area contributed by atoms with E-state index >= 15 is 0 Å². The van der Waals surface area contributed by atoms with E-state index in [1.54, 1.807) is 12.1 Å². The topological polar surface area (TPSA) is 37.3 Å². The zero-order valence-corrected chi connectivity index (χ0v) is 17.7. The van der Waals surface area contributed by atoms with Gasteiger partial charge in [-0.25, -0.2) is 4.79 Å². The highest BCUT2D eigenvalue weighted by molar-refractivity contribution is 7.99. The van der Waals surface area contributed by atoms with Gasteiger partial charge in [-0.3, -0.25) is 0 Å². The Balaban J connectivity index is 2.45. The first-order valence-electron chi connectivity index (χ1n) is 8.90. The summed E-state index contributed by atoms with van der Waals surface area (Å²) in [4.78, 5) is 12.0. The van der Waals surface area contributed by atoms with Gasteiger partial charge in [-0.15, -0.1) is 11.8 Å². The van der Waals surface area contributed by atoms with Crippen LogP contribution in [0.1, 0.15) is 63.7 Å². The Hall–Kier alpha value is -1.45. The molecule has 0 aliphatic rings. The molecule has 26 heavy (non-hydrogen) atoms. The normalized spacial score (nSPS) is 12.2. The molecule has 0 spiro atoms. The van der Waals surface area contributed by atoms with Crippen LogP contribution in [-0.2, 0) is 0 Å². The monoisotopic (exact) mass is 392 g/mol. The van der Waals surface area contributed by atoms with E-state index in [0.717, 1.165) is 36.3 Å². The summed E-state index contributed by atoms with van der Waals surface area (Å²) in [5, 5.41) is 9.71. The van der Waals surface area contributed by atoms with Crippen molar-refractivity contribution in [1.82, 2.24) is 0 Å². The van der Waals surface area contributed by atoms with Gasteiger partial charge in [0.1, 0.15) is 0 Å². The molecule has 1 N–H and O–H groups in total. The van der Waals surface area contributed by atoms with Gasteiger partial charge in [0.2, 0.25) is 0 Å². The number of aromatic carboxylic acids is 1. The molecule has 0 amide bonds. The van der Waals surface area contributed by atoms with Crippen molar-refractivity contribution in [1.29, 1.82) is 0 Å². The van der Waals surface area contributed by atoms with E-state index in [9.17, 15) is 9.90 Å². The minimum absolute atomic E-state index is 0.267. The highest BCUT2D eigenvalue weighted by atomic mass is 35.5.